The zero-order chi connectivity index (χ0) is 34.0. The fraction of sp³-hybridized carbons (Fsp3) is 0.405. The van der Waals surface area contributed by atoms with Crippen LogP contribution in [-0.4, -0.2) is 82.0 Å². The van der Waals surface area contributed by atoms with Crippen LogP contribution in [0.1, 0.15) is 54.4 Å². The van der Waals surface area contributed by atoms with Gasteiger partial charge >= 0.3 is 0 Å². The predicted molar refractivity (Wildman–Crippen MR) is 188 cm³/mol. The number of aromatic nitrogens is 4. The van der Waals surface area contributed by atoms with Gasteiger partial charge < -0.3 is 26.6 Å². The van der Waals surface area contributed by atoms with Crippen LogP contribution in [0.25, 0.3) is 22.5 Å². The van der Waals surface area contributed by atoms with E-state index in [2.05, 4.69) is 41.5 Å². The van der Waals surface area contributed by atoms with Crippen LogP contribution in [0, 0.1) is 11.8 Å². The largest absolute Gasteiger partial charge is 0.351 e. The number of nitrogens with zero attached hydrogens (tertiary/aromatic N) is 4. The van der Waals surface area contributed by atoms with Crippen LogP contribution in [0.5, 0.6) is 0 Å². The van der Waals surface area contributed by atoms with Crippen molar-refractivity contribution in [2.75, 3.05) is 38.0 Å². The van der Waals surface area contributed by atoms with Gasteiger partial charge in [0.1, 0.15) is 6.04 Å². The molecule has 3 aromatic carbocycles. The number of rotatable bonds is 13. The second-order valence-corrected chi connectivity index (χ2v) is 13.1. The van der Waals surface area contributed by atoms with E-state index < -0.39 is 6.04 Å². The summed E-state index contributed by atoms with van der Waals surface area (Å²) < 4.78 is 0. The SMILES string of the molecule is NC[C@H]1CC[C@H](C(=O)NC(Cc2ccc(-c3ccc(C(=O)NCCN4CCCC4)cc3)cc2)C(=O)Nc2ccc(-c3nnn[nH]3)cc2)CC1. The van der Waals surface area contributed by atoms with Gasteiger partial charge in [0.05, 0.1) is 0 Å². The second kappa shape index (κ2) is 16.4. The van der Waals surface area contributed by atoms with E-state index in [-0.39, 0.29) is 23.6 Å². The van der Waals surface area contributed by atoms with Crippen molar-refractivity contribution >= 4 is 23.4 Å². The summed E-state index contributed by atoms with van der Waals surface area (Å²) in [6.45, 7) is 4.39. The van der Waals surface area contributed by atoms with Crippen LogP contribution < -0.4 is 21.7 Å². The van der Waals surface area contributed by atoms with Crippen molar-refractivity contribution in [3.8, 4) is 22.5 Å². The first-order valence-corrected chi connectivity index (χ1v) is 17.3. The number of benzene rings is 3. The van der Waals surface area contributed by atoms with Crippen molar-refractivity contribution in [3.63, 3.8) is 0 Å². The normalized spacial score (nSPS) is 18.5. The van der Waals surface area contributed by atoms with E-state index in [9.17, 15) is 14.4 Å². The summed E-state index contributed by atoms with van der Waals surface area (Å²) >= 11 is 0. The molecule has 3 amide bonds. The van der Waals surface area contributed by atoms with E-state index in [0.717, 1.165) is 67.6 Å². The van der Waals surface area contributed by atoms with Crippen molar-refractivity contribution in [1.29, 1.82) is 0 Å². The first-order valence-electron chi connectivity index (χ1n) is 17.3. The topological polar surface area (TPSA) is 171 Å². The monoisotopic (exact) mass is 663 g/mol. The number of nitrogens with two attached hydrogens (primary N) is 1. The Hall–Kier alpha value is -4.94. The Morgan fingerprint density at radius 3 is 2.14 bits per heavy atom. The molecule has 49 heavy (non-hydrogen) atoms. The average Bonchev–Trinajstić information content (AvgIpc) is 3.88. The minimum Gasteiger partial charge on any atom is -0.351 e. The average molecular weight is 664 g/mol. The number of hydrogen-bond acceptors (Lipinski definition) is 8. The van der Waals surface area contributed by atoms with E-state index in [1.807, 2.05) is 60.7 Å². The summed E-state index contributed by atoms with van der Waals surface area (Å²) in [6, 6.07) is 22.0. The molecular formula is C37H45N9O3. The van der Waals surface area contributed by atoms with Crippen LogP contribution >= 0.6 is 0 Å². The molecule has 0 radical (unpaired) electrons. The van der Waals surface area contributed by atoms with Gasteiger partial charge in [0.25, 0.3) is 5.91 Å². The van der Waals surface area contributed by atoms with Gasteiger partial charge in [0, 0.05) is 42.2 Å². The van der Waals surface area contributed by atoms with Gasteiger partial charge in [0.15, 0.2) is 5.82 Å². The number of hydrogen-bond donors (Lipinski definition) is 5. The number of H-pyrrole nitrogens is 1. The van der Waals surface area contributed by atoms with E-state index in [0.29, 0.717) is 42.5 Å². The zero-order valence-corrected chi connectivity index (χ0v) is 27.7. The van der Waals surface area contributed by atoms with Gasteiger partial charge in [-0.3, -0.25) is 14.4 Å². The Balaban J connectivity index is 1.09. The fourth-order valence-electron chi connectivity index (χ4n) is 6.70. The lowest BCUT2D eigenvalue weighted by Crippen LogP contribution is -2.48. The molecule has 256 valence electrons. The van der Waals surface area contributed by atoms with Crippen LogP contribution in [-0.2, 0) is 16.0 Å². The fourth-order valence-corrected chi connectivity index (χ4v) is 6.70. The number of aromatic amines is 1. The van der Waals surface area contributed by atoms with Crippen molar-refractivity contribution in [1.82, 2.24) is 36.2 Å². The van der Waals surface area contributed by atoms with E-state index in [1.165, 1.54) is 12.8 Å². The number of amides is 3. The molecule has 4 aromatic rings. The molecule has 1 saturated carbocycles. The molecule has 1 unspecified atom stereocenters. The highest BCUT2D eigenvalue weighted by Gasteiger charge is 2.29. The van der Waals surface area contributed by atoms with E-state index in [1.54, 1.807) is 12.1 Å². The maximum absolute atomic E-state index is 13.6. The summed E-state index contributed by atoms with van der Waals surface area (Å²) in [6.07, 6.45) is 6.18. The lowest BCUT2D eigenvalue weighted by Gasteiger charge is -2.28. The van der Waals surface area contributed by atoms with Crippen LogP contribution in [0.3, 0.4) is 0 Å². The molecule has 1 saturated heterocycles. The van der Waals surface area contributed by atoms with Gasteiger partial charge in [-0.2, -0.15) is 0 Å². The van der Waals surface area contributed by atoms with E-state index in [4.69, 9.17) is 5.73 Å². The minimum atomic E-state index is -0.771. The lowest BCUT2D eigenvalue weighted by atomic mass is 9.81. The van der Waals surface area contributed by atoms with Gasteiger partial charge in [-0.15, -0.1) is 5.10 Å². The van der Waals surface area contributed by atoms with Crippen molar-refractivity contribution < 1.29 is 14.4 Å². The number of likely N-dealkylation sites (tertiary alicyclic amines) is 1. The molecule has 6 rings (SSSR count). The van der Waals surface area contributed by atoms with Gasteiger partial charge in [0.2, 0.25) is 11.8 Å². The Bertz CT molecular complexity index is 1660. The number of anilines is 1. The highest BCUT2D eigenvalue weighted by Crippen LogP contribution is 2.29. The first kappa shape index (κ1) is 33.9. The molecule has 0 spiro atoms. The van der Waals surface area contributed by atoms with E-state index >= 15 is 0 Å². The molecule has 0 bridgehead atoms. The Labute approximate surface area is 286 Å². The zero-order valence-electron chi connectivity index (χ0n) is 27.7. The molecule has 2 heterocycles. The molecule has 6 N–H and O–H groups in total. The highest BCUT2D eigenvalue weighted by atomic mass is 16.2. The summed E-state index contributed by atoms with van der Waals surface area (Å²) in [4.78, 5) is 42.0. The van der Waals surface area contributed by atoms with Crippen molar-refractivity contribution in [2.24, 2.45) is 17.6 Å². The second-order valence-electron chi connectivity index (χ2n) is 13.1. The summed E-state index contributed by atoms with van der Waals surface area (Å²) in [5.74, 6) is 0.390. The molecule has 2 fully saturated rings. The molecule has 12 heteroatoms. The van der Waals surface area contributed by atoms with Crippen molar-refractivity contribution in [3.05, 3.63) is 83.9 Å². The third kappa shape index (κ3) is 9.15. The lowest BCUT2D eigenvalue weighted by molar-refractivity contribution is -0.130. The number of tetrazole rings is 1. The molecule has 1 aliphatic heterocycles. The molecule has 12 nitrogen and oxygen atoms in total. The molecule has 1 aliphatic carbocycles. The summed E-state index contributed by atoms with van der Waals surface area (Å²) in [7, 11) is 0. The van der Waals surface area contributed by atoms with Crippen LogP contribution in [0.15, 0.2) is 72.8 Å². The van der Waals surface area contributed by atoms with Gasteiger partial charge in [-0.05, 0) is 128 Å². The third-order valence-corrected chi connectivity index (χ3v) is 9.74. The van der Waals surface area contributed by atoms with Crippen molar-refractivity contribution in [2.45, 2.75) is 51.0 Å². The highest BCUT2D eigenvalue weighted by molar-refractivity contribution is 5.98. The van der Waals surface area contributed by atoms with Gasteiger partial charge in [-0.25, -0.2) is 5.10 Å². The Morgan fingerprint density at radius 1 is 0.857 bits per heavy atom. The third-order valence-electron chi connectivity index (χ3n) is 9.74. The van der Waals surface area contributed by atoms with Crippen LogP contribution in [0.2, 0.25) is 0 Å². The summed E-state index contributed by atoms with van der Waals surface area (Å²) in [5, 5.41) is 22.9. The smallest absolute Gasteiger partial charge is 0.251 e. The van der Waals surface area contributed by atoms with Crippen LogP contribution in [0.4, 0.5) is 5.69 Å². The maximum atomic E-state index is 13.6. The quantitative estimate of drug-likeness (QED) is 0.144. The standard InChI is InChI=1S/C37H45N9O3/c38-24-26-5-9-31(10-6-26)36(48)41-33(37(49)40-32-17-15-29(16-18-32)34-42-44-45-43-34)23-25-3-7-27(8-4-25)28-11-13-30(14-12-28)35(47)39-19-22-46-20-1-2-21-46/h3-4,7-8,11-18,26,31,33H,1-2,5-6,9-10,19-24,38H2,(H,39,47)(H,40,49)(H,41,48)(H,42,43,44,45)/t26-,31-,33?. The Kier molecular flexibility index (Phi) is 11.4. The first-order chi connectivity index (χ1) is 23.9. The maximum Gasteiger partial charge on any atom is 0.251 e. The molecule has 1 aromatic heterocycles. The number of carbonyl (C=O) groups excluding carboxylic acids is 3. The Morgan fingerprint density at radius 2 is 1.51 bits per heavy atom. The molecular weight excluding hydrogens is 618 g/mol. The predicted octanol–water partition coefficient (Wildman–Crippen LogP) is 3.79. The minimum absolute atomic E-state index is 0.0667. The summed E-state index contributed by atoms with van der Waals surface area (Å²) in [5.41, 5.74) is 10.8. The molecule has 1 atom stereocenters. The van der Waals surface area contributed by atoms with Gasteiger partial charge in [-0.1, -0.05) is 36.4 Å². The number of nitrogens with one attached hydrogen (secondary N) is 4. The molecule has 2 aliphatic rings. The number of carbonyl (C=O) groups is 3.